The van der Waals surface area contributed by atoms with Gasteiger partial charge in [-0.3, -0.25) is 8.42 Å². The van der Waals surface area contributed by atoms with E-state index < -0.39 is 10.4 Å². The van der Waals surface area contributed by atoms with Crippen LogP contribution in [0.2, 0.25) is 0 Å². The van der Waals surface area contributed by atoms with Gasteiger partial charge in [0.15, 0.2) is 0 Å². The molecule has 0 atom stereocenters. The summed E-state index contributed by atoms with van der Waals surface area (Å²) >= 11 is 0. The number of hydrogen-bond acceptors (Lipinski definition) is 4. The Morgan fingerprint density at radius 1 is 0.442 bits per heavy atom. The summed E-state index contributed by atoms with van der Waals surface area (Å²) in [6, 6.07) is 2.00. The van der Waals surface area contributed by atoms with Gasteiger partial charge in [-0.2, -0.15) is 0 Å². The van der Waals surface area contributed by atoms with Crippen LogP contribution in [0.25, 0.3) is 0 Å². The number of hydrogen-bond donors (Lipinski definition) is 0. The molecule has 2 saturated carbocycles. The largest absolute Gasteiger partial charge is 0.759 e. The molecule has 0 saturated heterocycles. The highest BCUT2D eigenvalue weighted by Crippen LogP contribution is 2.32. The van der Waals surface area contributed by atoms with Gasteiger partial charge in [0.25, 0.3) is 0 Å². The average Bonchev–Trinajstić information content (AvgIpc) is 3.01. The first kappa shape index (κ1) is 42.8. The minimum Gasteiger partial charge on any atom is -0.759 e. The maximum Gasteiger partial charge on any atom is 0.0890 e. The van der Waals surface area contributed by atoms with E-state index >= 15 is 0 Å². The Kier molecular flexibility index (Phi) is 25.8. The molecule has 2 aliphatic rings. The molecule has 0 spiro atoms. The van der Waals surface area contributed by atoms with E-state index in [1.807, 2.05) is 0 Å². The molecule has 0 aromatic rings. The second kappa shape index (κ2) is 25.9. The smallest absolute Gasteiger partial charge is 0.0890 e. The first-order valence-electron chi connectivity index (χ1n) is 19.0. The van der Waals surface area contributed by atoms with Crippen LogP contribution < -0.4 is 0 Å². The summed E-state index contributed by atoms with van der Waals surface area (Å²) < 4.78 is 37.0. The lowest BCUT2D eigenvalue weighted by Crippen LogP contribution is -2.57. The summed E-state index contributed by atoms with van der Waals surface area (Å²) in [5.74, 6) is 0. The first-order valence-corrected chi connectivity index (χ1v) is 20.3. The van der Waals surface area contributed by atoms with Crippen LogP contribution in [0.5, 0.6) is 0 Å². The van der Waals surface area contributed by atoms with Crippen molar-refractivity contribution in [2.45, 2.75) is 195 Å². The predicted octanol–water partition coefficient (Wildman–Crippen LogP) is 9.73. The topological polar surface area (TPSA) is 80.3 Å². The molecule has 7 heteroatoms. The van der Waals surface area contributed by atoms with Crippen molar-refractivity contribution in [2.24, 2.45) is 0 Å². The lowest BCUT2D eigenvalue weighted by molar-refractivity contribution is -0.953. The maximum absolute atomic E-state index is 8.52. The van der Waals surface area contributed by atoms with Gasteiger partial charge in [0.2, 0.25) is 0 Å². The average molecular weight is 633 g/mol. The van der Waals surface area contributed by atoms with E-state index in [1.165, 1.54) is 189 Å². The van der Waals surface area contributed by atoms with Gasteiger partial charge in [0, 0.05) is 10.4 Å². The van der Waals surface area contributed by atoms with Gasteiger partial charge in [-0.05, 0) is 89.9 Å². The maximum atomic E-state index is 8.52. The Morgan fingerprint density at radius 3 is 0.791 bits per heavy atom. The number of nitrogens with zero attached hydrogens (tertiary/aromatic N) is 2. The molecule has 0 radical (unpaired) electrons. The van der Waals surface area contributed by atoms with Crippen molar-refractivity contribution in [1.29, 1.82) is 0 Å². The van der Waals surface area contributed by atoms with Crippen LogP contribution in [0.3, 0.4) is 0 Å². The molecule has 0 unspecified atom stereocenters. The third-order valence-corrected chi connectivity index (χ3v) is 10.4. The van der Waals surface area contributed by atoms with E-state index in [0.29, 0.717) is 0 Å². The van der Waals surface area contributed by atoms with Crippen LogP contribution in [-0.4, -0.2) is 77.8 Å². The fourth-order valence-electron chi connectivity index (χ4n) is 7.86. The van der Waals surface area contributed by atoms with E-state index in [4.69, 9.17) is 17.5 Å². The molecular weight excluding hydrogens is 556 g/mol. The minimum atomic E-state index is -5.17. The van der Waals surface area contributed by atoms with Crippen LogP contribution in [0.1, 0.15) is 183 Å². The summed E-state index contributed by atoms with van der Waals surface area (Å²) in [6.45, 7) is 22.9. The molecular formula is C36H76N2O4S. The molecule has 0 aromatic heterocycles. The van der Waals surface area contributed by atoms with Crippen LogP contribution >= 0.6 is 0 Å². The molecule has 2 rings (SSSR count). The van der Waals surface area contributed by atoms with Crippen molar-refractivity contribution >= 4 is 10.4 Å². The van der Waals surface area contributed by atoms with Crippen molar-refractivity contribution in [3.8, 4) is 0 Å². The van der Waals surface area contributed by atoms with E-state index in [-0.39, 0.29) is 0 Å². The molecule has 0 N–H and O–H groups in total. The third-order valence-electron chi connectivity index (χ3n) is 10.4. The molecule has 0 aliphatic heterocycles. The molecule has 6 nitrogen and oxygen atoms in total. The van der Waals surface area contributed by atoms with Crippen LogP contribution in [0.4, 0.5) is 0 Å². The lowest BCUT2D eigenvalue weighted by atomic mass is 9.91. The van der Waals surface area contributed by atoms with E-state index in [9.17, 15) is 0 Å². The molecule has 2 fully saturated rings. The van der Waals surface area contributed by atoms with Crippen molar-refractivity contribution in [1.82, 2.24) is 0 Å². The van der Waals surface area contributed by atoms with E-state index in [0.717, 1.165) is 12.1 Å². The van der Waals surface area contributed by atoms with Crippen molar-refractivity contribution in [2.75, 3.05) is 39.3 Å². The lowest BCUT2D eigenvalue weighted by Gasteiger charge is -2.47. The van der Waals surface area contributed by atoms with Gasteiger partial charge in [-0.1, -0.05) is 92.9 Å². The summed E-state index contributed by atoms with van der Waals surface area (Å²) in [5.41, 5.74) is 0. The summed E-state index contributed by atoms with van der Waals surface area (Å²) in [7, 11) is -5.17. The van der Waals surface area contributed by atoms with Crippen molar-refractivity contribution < 1.29 is 26.5 Å². The Balaban J connectivity index is 0.000000709. The first-order chi connectivity index (χ1) is 20.6. The highest BCUT2D eigenvalue weighted by atomic mass is 32.3. The standard InChI is InChI=1S/2C18H38N.H2O4S/c2*1-4-7-15-19(16-8-5-2,17-9-6-3)18-13-11-10-12-14-18;1-5(2,3)4/h2*18H,4-17H2,1-3H3;(H2,1,2,3,4)/q2*+1;/p-2. The highest BCUT2D eigenvalue weighted by molar-refractivity contribution is 7.79. The second-order valence-corrected chi connectivity index (χ2v) is 14.7. The van der Waals surface area contributed by atoms with Gasteiger partial charge >= 0.3 is 0 Å². The summed E-state index contributed by atoms with van der Waals surface area (Å²) in [5, 5.41) is 0. The Bertz CT molecular complexity index is 621. The van der Waals surface area contributed by atoms with Gasteiger partial charge in [-0.15, -0.1) is 0 Å². The molecule has 2 aliphatic carbocycles. The second-order valence-electron chi connectivity index (χ2n) is 13.9. The van der Waals surface area contributed by atoms with E-state index in [1.54, 1.807) is 0 Å². The van der Waals surface area contributed by atoms with Crippen molar-refractivity contribution in [3.63, 3.8) is 0 Å². The molecule has 0 amide bonds. The zero-order valence-corrected chi connectivity index (χ0v) is 30.7. The third kappa shape index (κ3) is 19.8. The van der Waals surface area contributed by atoms with Crippen molar-refractivity contribution in [3.05, 3.63) is 0 Å². The van der Waals surface area contributed by atoms with Crippen LogP contribution in [0.15, 0.2) is 0 Å². The summed E-state index contributed by atoms with van der Waals surface area (Å²) in [6.07, 6.45) is 31.8. The Morgan fingerprint density at radius 2 is 0.628 bits per heavy atom. The summed E-state index contributed by atoms with van der Waals surface area (Å²) in [4.78, 5) is 0. The van der Waals surface area contributed by atoms with Gasteiger partial charge in [-0.25, -0.2) is 0 Å². The molecule has 0 aromatic carbocycles. The SMILES string of the molecule is CCCC[N+](CCCC)(CCCC)C1CCCCC1.CCCC[N+](CCCC)(CCCC)C1CCCCC1.O=S(=O)([O-])[O-]. The number of quaternary nitrogens is 2. The normalized spacial score (nSPS) is 17.1. The van der Waals surface area contributed by atoms with Crippen LogP contribution in [0, 0.1) is 0 Å². The number of rotatable bonds is 20. The Hall–Kier alpha value is -0.210. The molecule has 43 heavy (non-hydrogen) atoms. The zero-order chi connectivity index (χ0) is 32.5. The molecule has 0 bridgehead atoms. The number of unbranched alkanes of at least 4 members (excludes halogenated alkanes) is 6. The fraction of sp³-hybridized carbons (Fsp3) is 1.00. The van der Waals surface area contributed by atoms with Crippen LogP contribution in [-0.2, 0) is 10.4 Å². The quantitative estimate of drug-likeness (QED) is 0.0760. The predicted molar refractivity (Wildman–Crippen MR) is 183 cm³/mol. The van der Waals surface area contributed by atoms with Gasteiger partial charge < -0.3 is 18.1 Å². The zero-order valence-electron chi connectivity index (χ0n) is 29.9. The van der Waals surface area contributed by atoms with Gasteiger partial charge in [0.05, 0.1) is 51.4 Å². The highest BCUT2D eigenvalue weighted by Gasteiger charge is 2.37. The molecule has 0 heterocycles. The molecule has 260 valence electrons. The van der Waals surface area contributed by atoms with E-state index in [2.05, 4.69) is 41.5 Å². The van der Waals surface area contributed by atoms with Gasteiger partial charge in [0.1, 0.15) is 0 Å². The fourth-order valence-corrected chi connectivity index (χ4v) is 7.86. The Labute approximate surface area is 270 Å². The monoisotopic (exact) mass is 633 g/mol. The minimum absolute atomic E-state index is 0.999.